The smallest absolute Gasteiger partial charge is 0.306 e. The number of aliphatic hydroxyl groups is 4. The van der Waals surface area contributed by atoms with Gasteiger partial charge >= 0.3 is 5.97 Å². The topological polar surface area (TPSA) is 126 Å². The van der Waals surface area contributed by atoms with E-state index in [1.807, 2.05) is 6.92 Å². The van der Waals surface area contributed by atoms with Crippen molar-refractivity contribution in [3.63, 3.8) is 0 Å². The first-order chi connectivity index (χ1) is 11.9. The fraction of sp³-hybridized carbons (Fsp3) is 0.941. The van der Waals surface area contributed by atoms with Gasteiger partial charge in [0.25, 0.3) is 0 Å². The molecule has 0 saturated carbocycles. The molecule has 4 atom stereocenters. The van der Waals surface area contributed by atoms with E-state index in [4.69, 9.17) is 24.4 Å². The summed E-state index contributed by atoms with van der Waals surface area (Å²) in [6.45, 7) is 3.29. The first kappa shape index (κ1) is 24.2. The van der Waals surface area contributed by atoms with Crippen LogP contribution in [0, 0.1) is 5.92 Å². The number of carbonyl (C=O) groups is 1. The molecule has 0 radical (unpaired) electrons. The van der Waals surface area contributed by atoms with E-state index in [0.29, 0.717) is 12.3 Å². The minimum atomic E-state index is -0.978. The van der Waals surface area contributed by atoms with Crippen molar-refractivity contribution in [2.24, 2.45) is 5.92 Å². The summed E-state index contributed by atoms with van der Waals surface area (Å²) >= 11 is 0. The predicted molar refractivity (Wildman–Crippen MR) is 91.0 cm³/mol. The third kappa shape index (κ3) is 14.1. The molecule has 0 aliphatic carbocycles. The lowest BCUT2D eigenvalue weighted by Gasteiger charge is -2.16. The summed E-state index contributed by atoms with van der Waals surface area (Å²) in [4.78, 5) is 11.7. The van der Waals surface area contributed by atoms with Crippen molar-refractivity contribution in [1.82, 2.24) is 0 Å². The summed E-state index contributed by atoms with van der Waals surface area (Å²) < 4.78 is 15.1. The average Bonchev–Trinajstić information content (AvgIpc) is 2.59. The van der Waals surface area contributed by atoms with E-state index in [-0.39, 0.29) is 39.0 Å². The summed E-state index contributed by atoms with van der Waals surface area (Å²) in [6, 6.07) is 0. The third-order valence-corrected chi connectivity index (χ3v) is 3.62. The number of hydrogen-bond donors (Lipinski definition) is 4. The van der Waals surface area contributed by atoms with Crippen molar-refractivity contribution >= 4 is 5.97 Å². The molecule has 4 unspecified atom stereocenters. The Bertz CT molecular complexity index is 326. The second kappa shape index (κ2) is 15.5. The van der Waals surface area contributed by atoms with Gasteiger partial charge in [-0.05, 0) is 5.92 Å². The molecule has 0 aliphatic rings. The van der Waals surface area contributed by atoms with Crippen LogP contribution in [0.1, 0.15) is 39.5 Å². The molecule has 0 spiro atoms. The number of rotatable bonds is 16. The van der Waals surface area contributed by atoms with E-state index in [9.17, 15) is 15.0 Å². The van der Waals surface area contributed by atoms with Gasteiger partial charge < -0.3 is 34.6 Å². The minimum absolute atomic E-state index is 0.0576. The van der Waals surface area contributed by atoms with Gasteiger partial charge in [0.15, 0.2) is 0 Å². The third-order valence-electron chi connectivity index (χ3n) is 3.62. The molecule has 0 heterocycles. The molecule has 0 fully saturated rings. The maximum absolute atomic E-state index is 11.7. The Kier molecular flexibility index (Phi) is 15.0. The zero-order valence-corrected chi connectivity index (χ0v) is 15.3. The van der Waals surface area contributed by atoms with Crippen molar-refractivity contribution in [2.75, 3.05) is 39.6 Å². The van der Waals surface area contributed by atoms with Crippen LogP contribution in [0.2, 0.25) is 0 Å². The first-order valence-corrected chi connectivity index (χ1v) is 8.88. The Hall–Kier alpha value is -0.770. The van der Waals surface area contributed by atoms with Gasteiger partial charge in [-0.25, -0.2) is 0 Å². The average molecular weight is 366 g/mol. The lowest BCUT2D eigenvalue weighted by atomic mass is 9.97. The SMILES string of the molecule is CCCC(CC)CC(=O)OCC(O)COCC(O)COCC(O)CO. The number of aliphatic hydroxyl groups excluding tert-OH is 4. The fourth-order valence-electron chi connectivity index (χ4n) is 2.17. The molecule has 0 amide bonds. The normalized spacial score (nSPS) is 16.2. The van der Waals surface area contributed by atoms with E-state index in [0.717, 1.165) is 19.3 Å². The van der Waals surface area contributed by atoms with Gasteiger partial charge in [0, 0.05) is 6.42 Å². The van der Waals surface area contributed by atoms with Crippen molar-refractivity contribution < 1.29 is 39.4 Å². The minimum Gasteiger partial charge on any atom is -0.463 e. The van der Waals surface area contributed by atoms with Crippen molar-refractivity contribution in [3.8, 4) is 0 Å². The highest BCUT2D eigenvalue weighted by atomic mass is 16.6. The zero-order valence-electron chi connectivity index (χ0n) is 15.3. The summed E-state index contributed by atoms with van der Waals surface area (Å²) in [5.74, 6) is -0.0133. The molecule has 150 valence electrons. The number of hydrogen-bond acceptors (Lipinski definition) is 8. The molecule has 8 nitrogen and oxygen atoms in total. The highest BCUT2D eigenvalue weighted by Crippen LogP contribution is 2.15. The maximum atomic E-state index is 11.7. The van der Waals surface area contributed by atoms with E-state index in [1.165, 1.54) is 0 Å². The highest BCUT2D eigenvalue weighted by Gasteiger charge is 2.15. The van der Waals surface area contributed by atoms with Crippen molar-refractivity contribution in [3.05, 3.63) is 0 Å². The van der Waals surface area contributed by atoms with E-state index in [1.54, 1.807) is 0 Å². The Labute approximate surface area is 149 Å². The van der Waals surface area contributed by atoms with E-state index >= 15 is 0 Å². The number of carbonyl (C=O) groups excluding carboxylic acids is 1. The Balaban J connectivity index is 3.72. The highest BCUT2D eigenvalue weighted by molar-refractivity contribution is 5.69. The van der Waals surface area contributed by atoms with Gasteiger partial charge in [0.05, 0.1) is 33.0 Å². The second-order valence-electron chi connectivity index (χ2n) is 6.17. The summed E-state index contributed by atoms with van der Waals surface area (Å²) in [5.41, 5.74) is 0. The molecular formula is C17H34O8. The Morgan fingerprint density at radius 1 is 0.880 bits per heavy atom. The van der Waals surface area contributed by atoms with Gasteiger partial charge in [0.1, 0.15) is 24.9 Å². The molecule has 0 aromatic rings. The first-order valence-electron chi connectivity index (χ1n) is 8.88. The molecule has 0 aromatic carbocycles. The molecule has 0 rings (SSSR count). The molecule has 8 heteroatoms. The fourth-order valence-corrected chi connectivity index (χ4v) is 2.17. The van der Waals surface area contributed by atoms with Gasteiger partial charge in [0.2, 0.25) is 0 Å². The molecule has 4 N–H and O–H groups in total. The summed E-state index contributed by atoms with van der Waals surface area (Å²) in [5, 5.41) is 37.0. The van der Waals surface area contributed by atoms with Crippen LogP contribution in [0.4, 0.5) is 0 Å². The van der Waals surface area contributed by atoms with Crippen LogP contribution in [0.15, 0.2) is 0 Å². The van der Waals surface area contributed by atoms with E-state index in [2.05, 4.69) is 6.92 Å². The van der Waals surface area contributed by atoms with Gasteiger partial charge in [-0.3, -0.25) is 4.79 Å². The van der Waals surface area contributed by atoms with E-state index < -0.39 is 24.9 Å². The largest absolute Gasteiger partial charge is 0.463 e. The Morgan fingerprint density at radius 2 is 1.40 bits per heavy atom. The molecule has 0 bridgehead atoms. The van der Waals surface area contributed by atoms with Crippen LogP contribution in [0.25, 0.3) is 0 Å². The summed E-state index contributed by atoms with van der Waals surface area (Å²) in [7, 11) is 0. The predicted octanol–water partition coefficient (Wildman–Crippen LogP) is -0.146. The molecule has 0 saturated heterocycles. The standard InChI is InChI=1S/C17H34O8/c1-3-5-13(4-2)6-17(22)25-12-16(21)11-24-10-15(20)9-23-8-14(19)7-18/h13-16,18-21H,3-12H2,1-2H3. The monoisotopic (exact) mass is 366 g/mol. The van der Waals surface area contributed by atoms with Crippen LogP contribution in [0.3, 0.4) is 0 Å². The van der Waals surface area contributed by atoms with Gasteiger partial charge in [-0.2, -0.15) is 0 Å². The quantitative estimate of drug-likeness (QED) is 0.278. The number of ether oxygens (including phenoxy) is 3. The Morgan fingerprint density at radius 3 is 1.88 bits per heavy atom. The summed E-state index contributed by atoms with van der Waals surface area (Å²) in [6.07, 6.45) is 0.422. The van der Waals surface area contributed by atoms with Gasteiger partial charge in [-0.1, -0.05) is 33.1 Å². The molecule has 0 aliphatic heterocycles. The van der Waals surface area contributed by atoms with Crippen LogP contribution < -0.4 is 0 Å². The van der Waals surface area contributed by atoms with Crippen molar-refractivity contribution in [1.29, 1.82) is 0 Å². The van der Waals surface area contributed by atoms with Gasteiger partial charge in [-0.15, -0.1) is 0 Å². The second-order valence-corrected chi connectivity index (χ2v) is 6.17. The maximum Gasteiger partial charge on any atom is 0.306 e. The zero-order chi connectivity index (χ0) is 19.1. The van der Waals surface area contributed by atoms with Crippen LogP contribution in [-0.4, -0.2) is 84.3 Å². The number of esters is 1. The lowest BCUT2D eigenvalue weighted by Crippen LogP contribution is -2.29. The van der Waals surface area contributed by atoms with Crippen LogP contribution in [-0.2, 0) is 19.0 Å². The molecule has 25 heavy (non-hydrogen) atoms. The molecule has 0 aromatic heterocycles. The lowest BCUT2D eigenvalue weighted by molar-refractivity contribution is -0.149. The van der Waals surface area contributed by atoms with Crippen molar-refractivity contribution in [2.45, 2.75) is 57.8 Å². The molecular weight excluding hydrogens is 332 g/mol. The van der Waals surface area contributed by atoms with Crippen LogP contribution in [0.5, 0.6) is 0 Å². The van der Waals surface area contributed by atoms with Crippen LogP contribution >= 0.6 is 0 Å².